The number of amides is 6. The number of carbonyl (C=O) groups excluding carboxylic acids is 6. The molecule has 20 heteroatoms. The Balaban J connectivity index is 0.000000205. The SMILES string of the molecule is C=CCCN1C(=O)c2ccccc2C1=O.CC.CCO.CCO.Cc1cc(/C=C/CCN2C(=O)c3ccccc3C2=O)c2ccccc2n1.Cc1cc(CCCCN)c2ccccc2n1.Cc1cc(CCCCN2C(=O)c3ccccc3C2=O)c2ccccc2n1.Cc1cc(Cl)c2ccccc2n1.NNO. The molecule has 14 rings (SSSR count). The molecule has 0 atom stereocenters. The summed E-state index contributed by atoms with van der Waals surface area (Å²) < 4.78 is 0. The Morgan fingerprint density at radius 1 is 0.434 bits per heavy atom. The molecule has 0 saturated heterocycles. The van der Waals surface area contributed by atoms with Crippen LogP contribution in [0.3, 0.4) is 0 Å². The highest BCUT2D eigenvalue weighted by Crippen LogP contribution is 2.28. The topological polar surface area (TPSA) is 288 Å². The highest BCUT2D eigenvalue weighted by atomic mass is 35.5. The Morgan fingerprint density at radius 2 is 0.726 bits per heavy atom. The fourth-order valence-electron chi connectivity index (χ4n) is 11.9. The van der Waals surface area contributed by atoms with E-state index in [9.17, 15) is 28.8 Å². The lowest BCUT2D eigenvalue weighted by molar-refractivity contribution is 0.0638. The number of hydrogen-bond acceptors (Lipinski definition) is 16. The second-order valence-electron chi connectivity index (χ2n) is 24.2. The van der Waals surface area contributed by atoms with Crippen LogP contribution in [0.15, 0.2) is 213 Å². The third kappa shape index (κ3) is 23.1. The summed E-state index contributed by atoms with van der Waals surface area (Å²) in [7, 11) is 0. The molecule has 0 unspecified atom stereocenters. The highest BCUT2D eigenvalue weighted by Gasteiger charge is 2.36. The van der Waals surface area contributed by atoms with E-state index in [1.807, 2.05) is 132 Å². The molecule has 0 aliphatic carbocycles. The number of nitrogens with two attached hydrogens (primary N) is 2. The number of nitrogens with one attached hydrogen (secondary N) is 1. The third-order valence-corrected chi connectivity index (χ3v) is 16.8. The fourth-order valence-corrected chi connectivity index (χ4v) is 12.3. The van der Waals surface area contributed by atoms with Gasteiger partial charge < -0.3 is 21.2 Å². The normalized spacial score (nSPS) is 12.1. The van der Waals surface area contributed by atoms with Gasteiger partial charge in [-0.3, -0.25) is 63.4 Å². The van der Waals surface area contributed by atoms with Crippen molar-refractivity contribution in [1.29, 1.82) is 0 Å². The zero-order valence-corrected chi connectivity index (χ0v) is 62.5. The Bertz CT molecular complexity index is 4700. The van der Waals surface area contributed by atoms with Gasteiger partial charge in [-0.25, -0.2) is 5.84 Å². The molecule has 7 heterocycles. The smallest absolute Gasteiger partial charge is 0.261 e. The number of fused-ring (bicyclic) bond motifs is 7. The fraction of sp³-hybridized carbons (Fsp3) is 0.256. The van der Waals surface area contributed by atoms with Crippen LogP contribution in [0.4, 0.5) is 0 Å². The number of para-hydroxylation sites is 4. The van der Waals surface area contributed by atoms with Crippen LogP contribution in [0.1, 0.15) is 168 Å². The van der Waals surface area contributed by atoms with Gasteiger partial charge in [-0.05, 0) is 201 Å². The van der Waals surface area contributed by atoms with Gasteiger partial charge in [-0.1, -0.05) is 153 Å². The first kappa shape index (κ1) is 84.1. The number of benzene rings is 7. The second-order valence-corrected chi connectivity index (χ2v) is 24.6. The highest BCUT2D eigenvalue weighted by molar-refractivity contribution is 6.35. The van der Waals surface area contributed by atoms with Crippen molar-refractivity contribution >= 4 is 96.7 Å². The number of hydrogen-bond donors (Lipinski definition) is 6. The van der Waals surface area contributed by atoms with E-state index in [-0.39, 0.29) is 48.7 Å². The van der Waals surface area contributed by atoms with Crippen LogP contribution >= 0.6 is 11.6 Å². The first-order chi connectivity index (χ1) is 51.4. The van der Waals surface area contributed by atoms with Gasteiger partial charge in [0.1, 0.15) is 0 Å². The van der Waals surface area contributed by atoms with E-state index in [4.69, 9.17) is 32.8 Å². The number of hydrazine groups is 1. The summed E-state index contributed by atoms with van der Waals surface area (Å²) in [4.78, 5) is 95.0. The average molecular weight is 1450 g/mol. The Kier molecular flexibility index (Phi) is 34.9. The molecule has 11 aromatic rings. The molecule has 4 aromatic heterocycles. The Morgan fingerprint density at radius 3 is 1.10 bits per heavy atom. The van der Waals surface area contributed by atoms with E-state index in [0.29, 0.717) is 65.9 Å². The second kappa shape index (κ2) is 44.1. The van der Waals surface area contributed by atoms with Gasteiger partial charge in [0.2, 0.25) is 0 Å². The van der Waals surface area contributed by atoms with Crippen LogP contribution in [-0.2, 0) is 12.8 Å². The number of aromatic nitrogens is 4. The van der Waals surface area contributed by atoms with Gasteiger partial charge in [0.05, 0.1) is 60.5 Å². The lowest BCUT2D eigenvalue weighted by Gasteiger charge is -2.14. The zero-order valence-electron chi connectivity index (χ0n) is 61.8. The maximum atomic E-state index is 12.4. The van der Waals surface area contributed by atoms with Crippen molar-refractivity contribution in [3.63, 3.8) is 0 Å². The van der Waals surface area contributed by atoms with Gasteiger partial charge in [-0.2, -0.15) is 0 Å². The van der Waals surface area contributed by atoms with Gasteiger partial charge in [0, 0.05) is 77.2 Å². The quantitative estimate of drug-likeness (QED) is 0.0172. The summed E-state index contributed by atoms with van der Waals surface area (Å²) >= 11 is 6.02. The van der Waals surface area contributed by atoms with Crippen molar-refractivity contribution in [3.05, 3.63) is 291 Å². The minimum absolute atomic E-state index is 0.171. The van der Waals surface area contributed by atoms with Crippen molar-refractivity contribution in [2.45, 2.75) is 107 Å². The van der Waals surface area contributed by atoms with E-state index >= 15 is 0 Å². The molecular formula is C86H97ClN10O9. The van der Waals surface area contributed by atoms with Crippen LogP contribution in [0.2, 0.25) is 5.02 Å². The molecule has 3 aliphatic rings. The first-order valence-electron chi connectivity index (χ1n) is 35.6. The number of nitrogens with zero attached hydrogens (tertiary/aromatic N) is 7. The zero-order chi connectivity index (χ0) is 77.1. The number of carbonyl (C=O) groups is 6. The molecule has 19 nitrogen and oxygen atoms in total. The van der Waals surface area contributed by atoms with E-state index in [2.05, 4.69) is 75.7 Å². The molecule has 106 heavy (non-hydrogen) atoms. The predicted octanol–water partition coefficient (Wildman–Crippen LogP) is 16.1. The van der Waals surface area contributed by atoms with Crippen molar-refractivity contribution in [2.24, 2.45) is 11.6 Å². The summed E-state index contributed by atoms with van der Waals surface area (Å²) in [5, 5.41) is 27.6. The number of halogens is 1. The largest absolute Gasteiger partial charge is 0.397 e. The van der Waals surface area contributed by atoms with Crippen molar-refractivity contribution < 1.29 is 44.2 Å². The molecule has 3 aliphatic heterocycles. The van der Waals surface area contributed by atoms with E-state index < -0.39 is 0 Å². The maximum absolute atomic E-state index is 12.4. The summed E-state index contributed by atoms with van der Waals surface area (Å²) in [6, 6.07) is 61.6. The van der Waals surface area contributed by atoms with Crippen molar-refractivity contribution in [2.75, 3.05) is 39.4 Å². The number of unbranched alkanes of at least 4 members (excludes halogenated alkanes) is 2. The van der Waals surface area contributed by atoms with Gasteiger partial charge in [0.15, 0.2) is 0 Å². The lowest BCUT2D eigenvalue weighted by atomic mass is 10.0. The number of rotatable bonds is 16. The summed E-state index contributed by atoms with van der Waals surface area (Å²) in [5.41, 5.74) is 21.7. The van der Waals surface area contributed by atoms with Crippen LogP contribution in [-0.4, -0.2) is 125 Å². The van der Waals surface area contributed by atoms with Gasteiger partial charge in [0.25, 0.3) is 35.4 Å². The molecule has 0 saturated carbocycles. The molecule has 552 valence electrons. The number of imide groups is 3. The monoisotopic (exact) mass is 1450 g/mol. The van der Waals surface area contributed by atoms with E-state index in [1.165, 1.54) is 42.2 Å². The lowest BCUT2D eigenvalue weighted by Crippen LogP contribution is -2.30. The summed E-state index contributed by atoms with van der Waals surface area (Å²) in [6.45, 7) is 21.5. The minimum atomic E-state index is -0.204. The standard InChI is InChI=1S/C22H20N2O2.C22H18N2O2.C14H18N2.C12H11NO2.C10H8ClN.2C2H6O.C2H6.H4N2O/c2*1-15-14-16(17-9-4-5-12-20(17)23-15)8-6-7-13-24-21(25)18-10-2-3-11-19(18)22(24)26;1-11-10-12(6-4-5-9-15)13-7-2-3-8-14(13)16-11;1-2-3-8-13-11(14)9-6-4-5-7-10(9)12(13)15;1-7-6-9(11)8-4-2-3-5-10(8)12-7;2*1-2-3;1-2;1-2-3/h2-5,9-12,14H,6-8,13H2,1H3;2-6,8-12,14H,7,13H2,1H3;2-3,7-8,10H,4-6,9,15H2,1H3;2,4-7H,1,3,8H2;2-6H,1H3;2*3H,2H2,1H3;1-2H3;2-3H,1H2/b;8-6+;;;;;;;. The van der Waals surface area contributed by atoms with Crippen molar-refractivity contribution in [1.82, 2.24) is 40.2 Å². The summed E-state index contributed by atoms with van der Waals surface area (Å²) in [5.74, 6) is 3.01. The van der Waals surface area contributed by atoms with Crippen LogP contribution < -0.4 is 17.2 Å². The van der Waals surface area contributed by atoms with E-state index in [1.54, 1.807) is 92.7 Å². The van der Waals surface area contributed by atoms with Crippen LogP contribution in [0.5, 0.6) is 0 Å². The minimum Gasteiger partial charge on any atom is -0.397 e. The number of pyridine rings is 4. The van der Waals surface area contributed by atoms with Gasteiger partial charge in [-0.15, -0.1) is 12.2 Å². The molecule has 0 fully saturated rings. The van der Waals surface area contributed by atoms with Gasteiger partial charge >= 0.3 is 0 Å². The maximum Gasteiger partial charge on any atom is 0.261 e. The van der Waals surface area contributed by atoms with E-state index in [0.717, 1.165) is 111 Å². The Hall–Kier alpha value is -10.9. The number of aliphatic hydroxyl groups excluding tert-OH is 2. The summed E-state index contributed by atoms with van der Waals surface area (Å²) in [6.07, 6.45) is 13.0. The van der Waals surface area contributed by atoms with Crippen LogP contribution in [0.25, 0.3) is 49.7 Å². The average Bonchev–Trinajstić information content (AvgIpc) is 1.67. The molecule has 0 radical (unpaired) electrons. The molecule has 8 N–H and O–H groups in total. The Labute approximate surface area is 626 Å². The molecular weight excluding hydrogens is 1350 g/mol. The number of aryl methyl sites for hydroxylation is 6. The first-order valence-corrected chi connectivity index (χ1v) is 36.0. The number of aliphatic hydroxyl groups is 2. The van der Waals surface area contributed by atoms with Crippen molar-refractivity contribution in [3.8, 4) is 0 Å². The molecule has 0 bridgehead atoms. The molecule has 7 aromatic carbocycles. The van der Waals surface area contributed by atoms with Crippen LogP contribution in [0, 0.1) is 27.7 Å². The third-order valence-electron chi connectivity index (χ3n) is 16.5. The molecule has 0 spiro atoms. The molecule has 6 amide bonds. The predicted molar refractivity (Wildman–Crippen MR) is 426 cm³/mol.